The van der Waals surface area contributed by atoms with E-state index >= 15 is 0 Å². The number of halogens is 2. The number of nitrogens with one attached hydrogen (secondary N) is 5. The number of carbonyl (C=O) groups excluding carboxylic acids is 6. The molecule has 0 saturated heterocycles. The van der Waals surface area contributed by atoms with E-state index in [2.05, 4.69) is 143 Å². The molecule has 6 aromatic carbocycles. The Balaban J connectivity index is 0.000000195. The average molecular weight is 2000 g/mol. The number of pyridine rings is 6. The summed E-state index contributed by atoms with van der Waals surface area (Å²) in [6.45, 7) is 39.5. The Labute approximate surface area is 822 Å². The summed E-state index contributed by atoms with van der Waals surface area (Å²) in [4.78, 5) is 109. The summed E-state index contributed by atoms with van der Waals surface area (Å²) >= 11 is 15.6. The number of hydrogen-bond donors (Lipinski definition) is 8. The van der Waals surface area contributed by atoms with Crippen LogP contribution in [0, 0.1) is 53.4 Å². The second-order valence-corrected chi connectivity index (χ2v) is 39.3. The van der Waals surface area contributed by atoms with Crippen LogP contribution in [0.15, 0.2) is 181 Å². The molecule has 2 amide bonds. The van der Waals surface area contributed by atoms with Gasteiger partial charge in [0, 0.05) is 168 Å². The number of aryl methyl sites for hydroxylation is 6. The Bertz CT molecular complexity index is 6930. The van der Waals surface area contributed by atoms with Gasteiger partial charge in [-0.2, -0.15) is 0 Å². The monoisotopic (exact) mass is 2000 g/mol. The van der Waals surface area contributed by atoms with Gasteiger partial charge in [-0.1, -0.05) is 117 Å². The van der Waals surface area contributed by atoms with Crippen molar-refractivity contribution in [2.75, 3.05) is 70.6 Å². The van der Waals surface area contributed by atoms with E-state index in [0.29, 0.717) is 38.7 Å². The predicted octanol–water partition coefficient (Wildman–Crippen LogP) is 24.3. The number of esters is 4. The lowest BCUT2D eigenvalue weighted by atomic mass is 10.1. The number of benzene rings is 6. The second-order valence-electron chi connectivity index (χ2n) is 33.9. The third-order valence-corrected chi connectivity index (χ3v) is 25.5. The van der Waals surface area contributed by atoms with E-state index in [0.717, 1.165) is 198 Å². The zero-order valence-electron chi connectivity index (χ0n) is 81.2. The van der Waals surface area contributed by atoms with Gasteiger partial charge in [-0.05, 0) is 216 Å². The van der Waals surface area contributed by atoms with E-state index in [1.165, 1.54) is 79.2 Å². The number of anilines is 3. The normalized spacial score (nSPS) is 12.4. The fourth-order valence-corrected chi connectivity index (χ4v) is 18.9. The molecular formula is C104H118BrClN13O13S4+. The minimum atomic E-state index is -0.947. The van der Waals surface area contributed by atoms with E-state index < -0.39 is 29.6 Å². The Kier molecular flexibility index (Phi) is 39.1. The Morgan fingerprint density at radius 3 is 1.33 bits per heavy atom. The molecule has 11 heterocycles. The van der Waals surface area contributed by atoms with Gasteiger partial charge < -0.3 is 66.8 Å². The quantitative estimate of drug-likeness (QED) is 0.0285. The van der Waals surface area contributed by atoms with E-state index in [-0.39, 0.29) is 37.4 Å². The first-order chi connectivity index (χ1) is 64.6. The topological polar surface area (TPSA) is 375 Å². The number of aliphatic carboxylic acids is 1. The van der Waals surface area contributed by atoms with E-state index in [1.807, 2.05) is 217 Å². The highest BCUT2D eigenvalue weighted by molar-refractivity contribution is 9.10. The van der Waals surface area contributed by atoms with Crippen molar-refractivity contribution >= 4 is 244 Å². The maximum atomic E-state index is 12.3. The van der Waals surface area contributed by atoms with Crippen LogP contribution in [0.25, 0.3) is 112 Å². The van der Waals surface area contributed by atoms with Gasteiger partial charge in [0.05, 0.1) is 83.6 Å². The number of nitrogens with zero attached hydrogens (tertiary/aromatic N) is 6. The Hall–Kier alpha value is -12.7. The SMILES string of the molecule is C=CC(=O)OC.CC(C)C.CC(CN)NC(=O)OC(C)(C)C.COC(=O)c1sc2ccc3nc(C)ccc3c2c1Cl.COC(=O)c1sc2ccc3nc(C)ccc3c2c1NCC(C)C.COC(=O)c1sc2ccc3nc(C)ccc3c2c1NC[C@@H](C)N.Cc1ccc2c(/C=C/C(=O)O)cccc2n1.Cc1ccc2c(Br)cccc2n1.Cc1ccc2c(ccc3sc4c(c32)NC[C@@H](C)NC4=O)n1.[H+]. The number of ether oxygens (including phenoxy) is 5. The third kappa shape index (κ3) is 28.9. The van der Waals surface area contributed by atoms with E-state index in [1.54, 1.807) is 6.08 Å². The van der Waals surface area contributed by atoms with Crippen molar-refractivity contribution in [3.05, 3.63) is 245 Å². The molecule has 0 bridgehead atoms. The van der Waals surface area contributed by atoms with Crippen molar-refractivity contribution in [3.8, 4) is 0 Å². The fourth-order valence-electron chi connectivity index (χ4n) is 13.6. The Morgan fingerprint density at radius 2 is 0.926 bits per heavy atom. The number of carbonyl (C=O) groups is 7. The van der Waals surface area contributed by atoms with Gasteiger partial charge in [-0.3, -0.25) is 34.7 Å². The van der Waals surface area contributed by atoms with E-state index in [4.69, 9.17) is 47.1 Å². The minimum absolute atomic E-state index is 0. The predicted molar refractivity (Wildman–Crippen MR) is 566 cm³/mol. The van der Waals surface area contributed by atoms with Gasteiger partial charge in [0.25, 0.3) is 5.91 Å². The molecule has 16 aromatic rings. The number of methoxy groups -OCH3 is 4. The van der Waals surface area contributed by atoms with Crippen molar-refractivity contribution in [1.82, 2.24) is 40.5 Å². The summed E-state index contributed by atoms with van der Waals surface area (Å²) in [5.41, 5.74) is 25.7. The lowest BCUT2D eigenvalue weighted by Gasteiger charge is -2.21. The van der Waals surface area contributed by atoms with Crippen LogP contribution in [0.1, 0.15) is 156 Å². The molecule has 1 aliphatic rings. The first kappa shape index (κ1) is 107. The first-order valence-electron chi connectivity index (χ1n) is 43.8. The molecular weight excluding hydrogens is 1880 g/mol. The standard InChI is InChI=1S/C18H20N2O2S.C17H19N3O2S.C16H15N3OS.C14H10ClNO2S.C13H11NO2.C10H8BrN.C8H18N2O2.C4H6O2.C4H10/c1-10(2)9-19-16-15-12-6-5-11(3)20-13(12)7-8-14(15)23-17(16)18(21)22-4;1-9(18)8-19-15-14-11-5-4-10(2)20-12(11)6-7-13(14)23-16(15)17(21)22-3;1-8-3-4-10-11(18-8)5-6-12-13(10)14-15(21-12)16(20)19-9(2)7-17-14;1-7-3-4-8-9(16-7)5-6-10-11(8)12(15)13(19-10)14(17)18-2;1-9-5-7-11-10(6-8-13(15)16)3-2-4-12(11)14-9;1-7-5-6-8-9(11)3-2-4-10(8)12-7;1-6(5-9)10-7(11)12-8(2,3)4;1-3-4(5)6-2;1-4(2)3/h5-8,10,19H,9H2,1-4H3;4-7,9,19H,8,18H2,1-3H3;3-6,9,17H,7H2,1-2H3,(H,19,20);3-6H,1-2H3;2-8H,1H3,(H,15,16);2-6H,1H3;6H,5,9H2,1-4H3,(H,10,11);3H,1H2,2H3;4H,1-3H3/p+1/b;;;;8-6+;;;;/t;2*9-;;;;;;/m.11....../s1. The minimum Gasteiger partial charge on any atom is -0.478 e. The molecule has 3 atom stereocenters. The van der Waals surface area contributed by atoms with Crippen LogP contribution in [0.2, 0.25) is 5.02 Å². The van der Waals surface area contributed by atoms with Gasteiger partial charge in [0.15, 0.2) is 0 Å². The van der Waals surface area contributed by atoms with Gasteiger partial charge in [0.2, 0.25) is 0 Å². The van der Waals surface area contributed by atoms with Gasteiger partial charge in [0.1, 0.15) is 25.1 Å². The number of alkyl carbamates (subject to hydrolysis) is 1. The largest absolute Gasteiger partial charge is 1.00 e. The lowest BCUT2D eigenvalue weighted by molar-refractivity contribution is -0.135. The number of aromatic nitrogens is 6. The second kappa shape index (κ2) is 49.7. The fraction of sp³-hybridized carbons (Fsp3) is 0.298. The highest BCUT2D eigenvalue weighted by Gasteiger charge is 2.28. The number of carboxylic acids is 1. The lowest BCUT2D eigenvalue weighted by Crippen LogP contribution is -2.41. The van der Waals surface area contributed by atoms with Crippen LogP contribution in [-0.2, 0) is 33.3 Å². The summed E-state index contributed by atoms with van der Waals surface area (Å²) in [7, 11) is 5.48. The summed E-state index contributed by atoms with van der Waals surface area (Å²) in [6.07, 6.45) is 3.41. The molecule has 17 rings (SSSR count). The summed E-state index contributed by atoms with van der Waals surface area (Å²) in [5.74, 6) is -1.06. The van der Waals surface area contributed by atoms with E-state index in [9.17, 15) is 33.6 Å². The van der Waals surface area contributed by atoms with Crippen LogP contribution >= 0.6 is 72.9 Å². The van der Waals surface area contributed by atoms with Gasteiger partial charge in [-0.15, -0.1) is 45.3 Å². The van der Waals surface area contributed by atoms with Crippen molar-refractivity contribution in [3.63, 3.8) is 0 Å². The molecule has 10 N–H and O–H groups in total. The summed E-state index contributed by atoms with van der Waals surface area (Å²) < 4.78 is 29.1. The smallest absolute Gasteiger partial charge is 0.478 e. The maximum Gasteiger partial charge on any atom is 1.00 e. The molecule has 1 aliphatic heterocycles. The molecule has 0 saturated carbocycles. The highest BCUT2D eigenvalue weighted by atomic mass is 79.9. The first-order valence-corrected chi connectivity index (χ1v) is 48.2. The van der Waals surface area contributed by atoms with Gasteiger partial charge >= 0.3 is 37.4 Å². The number of carboxylic acid groups (broad SMARTS) is 1. The van der Waals surface area contributed by atoms with Crippen molar-refractivity contribution in [2.24, 2.45) is 23.3 Å². The molecule has 714 valence electrons. The Morgan fingerprint density at radius 1 is 0.544 bits per heavy atom. The molecule has 0 fully saturated rings. The van der Waals surface area contributed by atoms with Crippen molar-refractivity contribution in [1.29, 1.82) is 0 Å². The third-order valence-electron chi connectivity index (χ3n) is 19.8. The van der Waals surface area contributed by atoms with Crippen LogP contribution in [0.5, 0.6) is 0 Å². The molecule has 32 heteroatoms. The summed E-state index contributed by atoms with van der Waals surface area (Å²) in [6, 6.07) is 51.9. The van der Waals surface area contributed by atoms with Crippen LogP contribution in [0.4, 0.5) is 21.9 Å². The van der Waals surface area contributed by atoms with Gasteiger partial charge in [-0.25, -0.2) is 28.8 Å². The van der Waals surface area contributed by atoms with Crippen LogP contribution < -0.4 is 38.1 Å². The van der Waals surface area contributed by atoms with Crippen LogP contribution in [-0.4, -0.2) is 155 Å². The zero-order chi connectivity index (χ0) is 99.7. The zero-order valence-corrected chi connectivity index (χ0v) is 85.8. The molecule has 1 unspecified atom stereocenters. The average Bonchev–Trinajstić information content (AvgIpc) is 1.61. The van der Waals surface area contributed by atoms with Crippen molar-refractivity contribution in [2.45, 2.75) is 141 Å². The molecule has 10 aromatic heterocycles. The number of rotatable bonds is 14. The summed E-state index contributed by atoms with van der Waals surface area (Å²) in [5, 5.41) is 35.2. The molecule has 0 aliphatic carbocycles. The number of nitrogens with two attached hydrogens (primary N) is 2. The number of thiophene rings is 4. The van der Waals surface area contributed by atoms with Crippen molar-refractivity contribution < 1.29 is 63.8 Å². The maximum absolute atomic E-state index is 12.3. The molecule has 26 nitrogen and oxygen atoms in total. The molecule has 136 heavy (non-hydrogen) atoms. The highest BCUT2D eigenvalue weighted by Crippen LogP contribution is 2.45. The molecule has 0 spiro atoms. The number of fused-ring (bicyclic) bond motifs is 16. The van der Waals surface area contributed by atoms with Crippen LogP contribution in [0.3, 0.4) is 0 Å². The molecule has 0 radical (unpaired) electrons. The number of hydrogen-bond acceptors (Lipinski definition) is 27. The number of amides is 2.